The fraction of sp³-hybridized carbons (Fsp3) is 0.560. The average Bonchev–Trinajstić information content (AvgIpc) is 3.19. The third-order valence-electron chi connectivity index (χ3n) is 6.64. The molecule has 1 aliphatic heterocycles. The molecule has 2 aromatic heterocycles. The number of sulfonamides is 1. The van der Waals surface area contributed by atoms with Crippen molar-refractivity contribution in [2.24, 2.45) is 7.05 Å². The van der Waals surface area contributed by atoms with Crippen molar-refractivity contribution in [1.29, 1.82) is 0 Å². The number of nitrogens with zero attached hydrogens (tertiary/aromatic N) is 5. The maximum Gasteiger partial charge on any atom is 0.277 e. The fourth-order valence-corrected chi connectivity index (χ4v) is 5.87. The summed E-state index contributed by atoms with van der Waals surface area (Å²) in [4.78, 5) is 23.0. The summed E-state index contributed by atoms with van der Waals surface area (Å²) in [6.45, 7) is 7.40. The first-order chi connectivity index (χ1) is 17.3. The standard InChI is InChI=1S/C25H36N6O4S/c1-5-10-20-22-23(30(4)28-20)25(32)27-24(26-22)19-17-18(11-12-21(19)35-6-2)36(33,34)29(3)15-16-31-13-8-7-9-14-31/h11-12,17H,5-10,13-16H2,1-4H3,(H,26,27,32). The molecule has 3 heterocycles. The lowest BCUT2D eigenvalue weighted by Gasteiger charge is -2.28. The number of ether oxygens (including phenoxy) is 1. The highest BCUT2D eigenvalue weighted by Crippen LogP contribution is 2.32. The second-order valence-electron chi connectivity index (χ2n) is 9.25. The maximum absolute atomic E-state index is 13.4. The molecule has 1 aliphatic rings. The van der Waals surface area contributed by atoms with Crippen LogP contribution in [0, 0.1) is 0 Å². The van der Waals surface area contributed by atoms with Crippen LogP contribution in [0.1, 0.15) is 45.2 Å². The Kier molecular flexibility index (Phi) is 8.11. The van der Waals surface area contributed by atoms with Crippen molar-refractivity contribution in [2.75, 3.05) is 39.8 Å². The summed E-state index contributed by atoms with van der Waals surface area (Å²) in [5.74, 6) is 0.713. The van der Waals surface area contributed by atoms with Gasteiger partial charge in [-0.15, -0.1) is 0 Å². The van der Waals surface area contributed by atoms with Gasteiger partial charge in [-0.25, -0.2) is 13.4 Å². The van der Waals surface area contributed by atoms with Crippen molar-refractivity contribution in [3.05, 3.63) is 34.2 Å². The lowest BCUT2D eigenvalue weighted by atomic mass is 10.1. The van der Waals surface area contributed by atoms with Gasteiger partial charge >= 0.3 is 0 Å². The number of hydrogen-bond donors (Lipinski definition) is 1. The number of aromatic nitrogens is 4. The van der Waals surface area contributed by atoms with Crippen LogP contribution in [0.25, 0.3) is 22.4 Å². The van der Waals surface area contributed by atoms with Gasteiger partial charge in [0.2, 0.25) is 10.0 Å². The van der Waals surface area contributed by atoms with Crippen LogP contribution >= 0.6 is 0 Å². The zero-order valence-electron chi connectivity index (χ0n) is 21.6. The Morgan fingerprint density at radius 2 is 1.92 bits per heavy atom. The van der Waals surface area contributed by atoms with E-state index in [1.54, 1.807) is 26.2 Å². The summed E-state index contributed by atoms with van der Waals surface area (Å²) >= 11 is 0. The van der Waals surface area contributed by atoms with Gasteiger partial charge in [-0.1, -0.05) is 19.8 Å². The van der Waals surface area contributed by atoms with Crippen molar-refractivity contribution in [2.45, 2.75) is 50.8 Å². The molecule has 0 radical (unpaired) electrons. The third kappa shape index (κ3) is 5.33. The van der Waals surface area contributed by atoms with Crippen LogP contribution < -0.4 is 10.3 Å². The lowest BCUT2D eigenvalue weighted by Crippen LogP contribution is -2.38. The molecule has 10 nitrogen and oxygen atoms in total. The lowest BCUT2D eigenvalue weighted by molar-refractivity contribution is 0.218. The molecule has 11 heteroatoms. The third-order valence-corrected chi connectivity index (χ3v) is 8.50. The number of aromatic amines is 1. The molecule has 0 bridgehead atoms. The van der Waals surface area contributed by atoms with Gasteiger partial charge in [-0.2, -0.15) is 9.40 Å². The minimum absolute atomic E-state index is 0.129. The molecule has 196 valence electrons. The summed E-state index contributed by atoms with van der Waals surface area (Å²) in [6, 6.07) is 4.71. The molecule has 0 unspecified atom stereocenters. The Morgan fingerprint density at radius 3 is 2.61 bits per heavy atom. The van der Waals surface area contributed by atoms with Crippen molar-refractivity contribution in [3.8, 4) is 17.1 Å². The molecule has 0 amide bonds. The minimum Gasteiger partial charge on any atom is -0.493 e. The summed E-state index contributed by atoms with van der Waals surface area (Å²) in [6.07, 6.45) is 5.09. The highest BCUT2D eigenvalue weighted by atomic mass is 32.2. The molecule has 1 N–H and O–H groups in total. The minimum atomic E-state index is -3.75. The maximum atomic E-state index is 13.4. The summed E-state index contributed by atoms with van der Waals surface area (Å²) in [7, 11) is -0.428. The highest BCUT2D eigenvalue weighted by Gasteiger charge is 2.25. The van der Waals surface area contributed by atoms with Crippen LogP contribution in [0.15, 0.2) is 27.9 Å². The van der Waals surface area contributed by atoms with Crippen LogP contribution in [0.4, 0.5) is 0 Å². The Balaban J connectivity index is 1.72. The topological polar surface area (TPSA) is 113 Å². The van der Waals surface area contributed by atoms with Gasteiger partial charge in [0.15, 0.2) is 5.52 Å². The number of rotatable bonds is 10. The van der Waals surface area contributed by atoms with Gasteiger partial charge < -0.3 is 14.6 Å². The van der Waals surface area contributed by atoms with E-state index < -0.39 is 10.0 Å². The van der Waals surface area contributed by atoms with Crippen molar-refractivity contribution >= 4 is 21.1 Å². The first kappa shape index (κ1) is 26.3. The molecular weight excluding hydrogens is 480 g/mol. The van der Waals surface area contributed by atoms with E-state index in [-0.39, 0.29) is 16.3 Å². The van der Waals surface area contributed by atoms with Gasteiger partial charge in [0, 0.05) is 27.2 Å². The van der Waals surface area contributed by atoms with Crippen molar-refractivity contribution < 1.29 is 13.2 Å². The Hall–Kier alpha value is -2.76. The number of hydrogen-bond acceptors (Lipinski definition) is 7. The summed E-state index contributed by atoms with van der Waals surface area (Å²) < 4.78 is 35.6. The molecule has 0 saturated carbocycles. The normalized spacial score (nSPS) is 15.1. The van der Waals surface area contributed by atoms with Crippen LogP contribution in [-0.4, -0.2) is 77.2 Å². The zero-order valence-corrected chi connectivity index (χ0v) is 22.4. The summed E-state index contributed by atoms with van der Waals surface area (Å²) in [5.41, 5.74) is 1.74. The van der Waals surface area contributed by atoms with E-state index >= 15 is 0 Å². The van der Waals surface area contributed by atoms with E-state index in [1.165, 1.54) is 21.5 Å². The van der Waals surface area contributed by atoms with Gasteiger partial charge in [-0.05, 0) is 57.5 Å². The van der Waals surface area contributed by atoms with Gasteiger partial charge in [-0.3, -0.25) is 9.48 Å². The molecule has 3 aromatic rings. The van der Waals surface area contributed by atoms with E-state index in [0.717, 1.165) is 38.0 Å². The van der Waals surface area contributed by atoms with Gasteiger partial charge in [0.05, 0.1) is 22.8 Å². The van der Waals surface area contributed by atoms with E-state index in [2.05, 4.69) is 15.0 Å². The molecule has 4 rings (SSSR count). The smallest absolute Gasteiger partial charge is 0.277 e. The molecule has 36 heavy (non-hydrogen) atoms. The molecular formula is C25H36N6O4S. The predicted octanol–water partition coefficient (Wildman–Crippen LogP) is 2.78. The molecule has 1 aromatic carbocycles. The molecule has 0 atom stereocenters. The quantitative estimate of drug-likeness (QED) is 0.441. The first-order valence-electron chi connectivity index (χ1n) is 12.7. The number of fused-ring (bicyclic) bond motifs is 1. The number of H-pyrrole nitrogens is 1. The number of likely N-dealkylation sites (tertiary alicyclic amines) is 1. The summed E-state index contributed by atoms with van der Waals surface area (Å²) in [5, 5.41) is 4.47. The monoisotopic (exact) mass is 516 g/mol. The number of piperidine rings is 1. The first-order valence-corrected chi connectivity index (χ1v) is 14.1. The van der Waals surface area contributed by atoms with Crippen LogP contribution in [-0.2, 0) is 23.5 Å². The Labute approximate surface area is 212 Å². The van der Waals surface area contributed by atoms with Gasteiger partial charge in [0.1, 0.15) is 17.1 Å². The SMILES string of the molecule is CCCc1nn(C)c2c(=O)[nH]c(-c3cc(S(=O)(=O)N(C)CCN4CCCCC4)ccc3OCC)nc12. The highest BCUT2D eigenvalue weighted by molar-refractivity contribution is 7.89. The Bertz CT molecular complexity index is 1380. The molecule has 1 fully saturated rings. The number of likely N-dealkylation sites (N-methyl/N-ethyl adjacent to an activating group) is 1. The predicted molar refractivity (Wildman–Crippen MR) is 140 cm³/mol. The number of aryl methyl sites for hydroxylation is 2. The van der Waals surface area contributed by atoms with E-state index in [1.807, 2.05) is 13.8 Å². The van der Waals surface area contributed by atoms with E-state index in [4.69, 9.17) is 9.72 Å². The number of benzene rings is 1. The second-order valence-corrected chi connectivity index (χ2v) is 11.3. The molecule has 0 spiro atoms. The van der Waals surface area contributed by atoms with Crippen molar-refractivity contribution in [3.63, 3.8) is 0 Å². The van der Waals surface area contributed by atoms with Gasteiger partial charge in [0.25, 0.3) is 5.56 Å². The van der Waals surface area contributed by atoms with Crippen LogP contribution in [0.3, 0.4) is 0 Å². The van der Waals surface area contributed by atoms with E-state index in [9.17, 15) is 13.2 Å². The van der Waals surface area contributed by atoms with Crippen molar-refractivity contribution in [1.82, 2.24) is 29.0 Å². The number of nitrogens with one attached hydrogen (secondary N) is 1. The van der Waals surface area contributed by atoms with Crippen LogP contribution in [0.2, 0.25) is 0 Å². The fourth-order valence-electron chi connectivity index (χ4n) is 4.68. The largest absolute Gasteiger partial charge is 0.493 e. The average molecular weight is 517 g/mol. The molecule has 1 saturated heterocycles. The van der Waals surface area contributed by atoms with Crippen LogP contribution in [0.5, 0.6) is 5.75 Å². The van der Waals surface area contributed by atoms with E-state index in [0.29, 0.717) is 48.5 Å². The molecule has 0 aliphatic carbocycles. The second kappa shape index (κ2) is 11.1. The zero-order chi connectivity index (χ0) is 25.9. The Morgan fingerprint density at radius 1 is 1.17 bits per heavy atom.